The zero-order chi connectivity index (χ0) is 13.0. The molecule has 2 aromatic rings. The molecule has 0 aliphatic heterocycles. The second kappa shape index (κ2) is 5.54. The third-order valence-electron chi connectivity index (χ3n) is 2.34. The smallest absolute Gasteiger partial charge is 0.305 e. The lowest BCUT2D eigenvalue weighted by Gasteiger charge is -2.01. The van der Waals surface area contributed by atoms with Crippen molar-refractivity contribution in [3.8, 4) is 0 Å². The minimum atomic E-state index is -0.517. The Balaban J connectivity index is 1.95. The summed E-state index contributed by atoms with van der Waals surface area (Å²) in [5.41, 5.74) is -0.107. The second-order valence-corrected chi connectivity index (χ2v) is 4.85. The van der Waals surface area contributed by atoms with E-state index in [1.807, 2.05) is 0 Å². The fourth-order valence-electron chi connectivity index (χ4n) is 1.38. The molecule has 0 saturated carbocycles. The van der Waals surface area contributed by atoms with E-state index in [2.05, 4.69) is 34.3 Å². The number of nitrogens with one attached hydrogen (secondary N) is 1. The first-order valence-electron chi connectivity index (χ1n) is 5.47. The van der Waals surface area contributed by atoms with Crippen molar-refractivity contribution in [1.82, 2.24) is 9.97 Å². The zero-order valence-corrected chi connectivity index (χ0v) is 10.6. The standard InChI is InChI=1S/C11H12N4O2S/c1-2-9-3-4-10(18-9)7-14-11-12-5-8(6-13-11)15(16)17/h3-6H,2,7H2,1H3,(H,12,13,14). The Morgan fingerprint density at radius 2 is 2.00 bits per heavy atom. The van der Waals surface area contributed by atoms with Crippen LogP contribution in [-0.4, -0.2) is 14.9 Å². The van der Waals surface area contributed by atoms with Crippen LogP contribution in [0.2, 0.25) is 0 Å². The van der Waals surface area contributed by atoms with Crippen molar-refractivity contribution >= 4 is 23.0 Å². The largest absolute Gasteiger partial charge is 0.349 e. The molecule has 2 heterocycles. The van der Waals surface area contributed by atoms with E-state index >= 15 is 0 Å². The van der Waals surface area contributed by atoms with E-state index in [9.17, 15) is 10.1 Å². The van der Waals surface area contributed by atoms with Crippen LogP contribution in [0.25, 0.3) is 0 Å². The molecule has 0 aliphatic rings. The van der Waals surface area contributed by atoms with Gasteiger partial charge >= 0.3 is 5.69 Å². The Kier molecular flexibility index (Phi) is 3.83. The number of hydrogen-bond acceptors (Lipinski definition) is 6. The topological polar surface area (TPSA) is 81.0 Å². The van der Waals surface area contributed by atoms with Crippen LogP contribution in [0.4, 0.5) is 11.6 Å². The molecule has 0 saturated heterocycles. The van der Waals surface area contributed by atoms with Gasteiger partial charge in [0.1, 0.15) is 12.4 Å². The normalized spacial score (nSPS) is 10.3. The average molecular weight is 264 g/mol. The molecule has 0 aliphatic carbocycles. The molecule has 0 aromatic carbocycles. The monoisotopic (exact) mass is 264 g/mol. The number of hydrogen-bond donors (Lipinski definition) is 1. The number of nitrogens with zero attached hydrogens (tertiary/aromatic N) is 3. The number of thiophene rings is 1. The zero-order valence-electron chi connectivity index (χ0n) is 9.79. The Hall–Kier alpha value is -2.02. The fraction of sp³-hybridized carbons (Fsp3) is 0.273. The molecule has 0 fully saturated rings. The van der Waals surface area contributed by atoms with E-state index in [-0.39, 0.29) is 5.69 Å². The number of nitro groups is 1. The van der Waals surface area contributed by atoms with E-state index in [1.165, 1.54) is 22.1 Å². The van der Waals surface area contributed by atoms with Crippen molar-refractivity contribution in [1.29, 1.82) is 0 Å². The molecule has 0 spiro atoms. The van der Waals surface area contributed by atoms with Crippen molar-refractivity contribution in [2.45, 2.75) is 19.9 Å². The van der Waals surface area contributed by atoms with E-state index < -0.39 is 4.92 Å². The molecular formula is C11H12N4O2S. The van der Waals surface area contributed by atoms with Gasteiger partial charge in [0.05, 0.1) is 11.5 Å². The van der Waals surface area contributed by atoms with Crippen molar-refractivity contribution in [2.24, 2.45) is 0 Å². The number of aryl methyl sites for hydroxylation is 1. The van der Waals surface area contributed by atoms with Gasteiger partial charge in [-0.05, 0) is 18.6 Å². The summed E-state index contributed by atoms with van der Waals surface area (Å²) >= 11 is 1.73. The number of aromatic nitrogens is 2. The molecule has 6 nitrogen and oxygen atoms in total. The maximum Gasteiger partial charge on any atom is 0.305 e. The number of rotatable bonds is 5. The lowest BCUT2D eigenvalue weighted by Crippen LogP contribution is -2.02. The van der Waals surface area contributed by atoms with Crippen LogP contribution in [0.15, 0.2) is 24.5 Å². The summed E-state index contributed by atoms with van der Waals surface area (Å²) in [6.07, 6.45) is 3.42. The van der Waals surface area contributed by atoms with Crippen molar-refractivity contribution < 1.29 is 4.92 Å². The van der Waals surface area contributed by atoms with E-state index in [4.69, 9.17) is 0 Å². The average Bonchev–Trinajstić information content (AvgIpc) is 2.85. The van der Waals surface area contributed by atoms with E-state index in [1.54, 1.807) is 11.3 Å². The summed E-state index contributed by atoms with van der Waals surface area (Å²) < 4.78 is 0. The minimum absolute atomic E-state index is 0.107. The van der Waals surface area contributed by atoms with Crippen LogP contribution in [0.3, 0.4) is 0 Å². The molecule has 18 heavy (non-hydrogen) atoms. The lowest BCUT2D eigenvalue weighted by molar-refractivity contribution is -0.385. The Bertz CT molecular complexity index is 538. The number of anilines is 1. The Morgan fingerprint density at radius 3 is 2.56 bits per heavy atom. The van der Waals surface area contributed by atoms with Gasteiger partial charge in [0, 0.05) is 9.75 Å². The van der Waals surface area contributed by atoms with Gasteiger partial charge < -0.3 is 5.32 Å². The van der Waals surface area contributed by atoms with Crippen molar-refractivity contribution in [2.75, 3.05) is 5.32 Å². The molecule has 7 heteroatoms. The summed E-state index contributed by atoms with van der Waals surface area (Å²) in [5.74, 6) is 0.395. The second-order valence-electron chi connectivity index (χ2n) is 3.60. The maximum atomic E-state index is 10.4. The molecule has 0 radical (unpaired) electrons. The SMILES string of the molecule is CCc1ccc(CNc2ncc([N+](=O)[O-])cn2)s1. The van der Waals surface area contributed by atoms with Gasteiger partial charge in [-0.15, -0.1) is 11.3 Å². The molecule has 0 atom stereocenters. The van der Waals surface area contributed by atoms with E-state index in [0.717, 1.165) is 6.42 Å². The van der Waals surface area contributed by atoms with Gasteiger partial charge in [-0.3, -0.25) is 10.1 Å². The quantitative estimate of drug-likeness (QED) is 0.663. The highest BCUT2D eigenvalue weighted by Crippen LogP contribution is 2.17. The molecule has 2 rings (SSSR count). The third kappa shape index (κ3) is 3.01. The van der Waals surface area contributed by atoms with Gasteiger partial charge in [-0.25, -0.2) is 9.97 Å². The van der Waals surface area contributed by atoms with Gasteiger partial charge in [0.2, 0.25) is 5.95 Å². The summed E-state index contributed by atoms with van der Waals surface area (Å²) in [4.78, 5) is 20.2. The molecule has 0 amide bonds. The minimum Gasteiger partial charge on any atom is -0.349 e. The highest BCUT2D eigenvalue weighted by atomic mass is 32.1. The van der Waals surface area contributed by atoms with Crippen LogP contribution >= 0.6 is 11.3 Å². The first-order valence-corrected chi connectivity index (χ1v) is 6.28. The molecule has 94 valence electrons. The van der Waals surface area contributed by atoms with Gasteiger partial charge in [0.25, 0.3) is 0 Å². The predicted molar refractivity (Wildman–Crippen MR) is 69.7 cm³/mol. The maximum absolute atomic E-state index is 10.4. The Labute approximate surface area is 108 Å². The summed E-state index contributed by atoms with van der Waals surface area (Å²) in [6.45, 7) is 2.74. The van der Waals surface area contributed by atoms with Gasteiger partial charge in [-0.2, -0.15) is 0 Å². The molecule has 2 aromatic heterocycles. The molecule has 1 N–H and O–H groups in total. The van der Waals surface area contributed by atoms with Gasteiger partial charge in [0.15, 0.2) is 0 Å². The third-order valence-corrected chi connectivity index (χ3v) is 3.57. The van der Waals surface area contributed by atoms with Crippen LogP contribution < -0.4 is 5.32 Å². The summed E-state index contributed by atoms with van der Waals surface area (Å²) in [5, 5.41) is 13.5. The fourth-order valence-corrected chi connectivity index (χ4v) is 2.28. The lowest BCUT2D eigenvalue weighted by atomic mass is 10.4. The molecule has 0 bridgehead atoms. The van der Waals surface area contributed by atoms with Crippen LogP contribution in [-0.2, 0) is 13.0 Å². The Morgan fingerprint density at radius 1 is 1.33 bits per heavy atom. The molecule has 0 unspecified atom stereocenters. The summed E-state index contributed by atoms with van der Waals surface area (Å²) in [7, 11) is 0. The van der Waals surface area contributed by atoms with Crippen molar-refractivity contribution in [3.63, 3.8) is 0 Å². The van der Waals surface area contributed by atoms with E-state index in [0.29, 0.717) is 12.5 Å². The molecular weight excluding hydrogens is 252 g/mol. The van der Waals surface area contributed by atoms with Crippen LogP contribution in [0.1, 0.15) is 16.7 Å². The van der Waals surface area contributed by atoms with Crippen LogP contribution in [0, 0.1) is 10.1 Å². The first kappa shape index (κ1) is 12.4. The highest BCUT2D eigenvalue weighted by Gasteiger charge is 2.06. The van der Waals surface area contributed by atoms with Crippen LogP contribution in [0.5, 0.6) is 0 Å². The first-order chi connectivity index (χ1) is 8.69. The summed E-state index contributed by atoms with van der Waals surface area (Å²) in [6, 6.07) is 4.15. The highest BCUT2D eigenvalue weighted by molar-refractivity contribution is 7.12. The predicted octanol–water partition coefficient (Wildman–Crippen LogP) is 2.62. The van der Waals surface area contributed by atoms with Gasteiger partial charge in [-0.1, -0.05) is 6.92 Å². The van der Waals surface area contributed by atoms with Crippen molar-refractivity contribution in [3.05, 3.63) is 44.4 Å².